The molecule has 0 unspecified atom stereocenters. The van der Waals surface area contributed by atoms with Crippen LogP contribution in [0.1, 0.15) is 22.0 Å². The van der Waals surface area contributed by atoms with Gasteiger partial charge >= 0.3 is 0 Å². The van der Waals surface area contributed by atoms with E-state index in [1.54, 1.807) is 12.1 Å². The molecule has 0 aromatic heterocycles. The first kappa shape index (κ1) is 17.9. The van der Waals surface area contributed by atoms with Crippen LogP contribution in [0.5, 0.6) is 0 Å². The van der Waals surface area contributed by atoms with Crippen molar-refractivity contribution in [2.45, 2.75) is 6.04 Å². The normalized spacial score (nSPS) is 16.4. The van der Waals surface area contributed by atoms with Crippen molar-refractivity contribution in [1.29, 1.82) is 0 Å². The number of rotatable bonds is 5. The molecule has 1 atom stereocenters. The Hall–Kier alpha value is -1.95. The van der Waals surface area contributed by atoms with E-state index in [9.17, 15) is 9.18 Å². The van der Waals surface area contributed by atoms with Crippen LogP contribution in [-0.2, 0) is 4.74 Å². The Kier molecular flexibility index (Phi) is 6.02. The number of nitrogens with zero attached hydrogens (tertiary/aromatic N) is 1. The molecule has 0 aliphatic carbocycles. The number of ether oxygens (including phenoxy) is 1. The van der Waals surface area contributed by atoms with Gasteiger partial charge in [0.1, 0.15) is 5.82 Å². The summed E-state index contributed by atoms with van der Waals surface area (Å²) in [6, 6.07) is 13.6. The van der Waals surface area contributed by atoms with E-state index in [0.29, 0.717) is 24.8 Å². The predicted molar refractivity (Wildman–Crippen MR) is 95.3 cm³/mol. The molecule has 1 aliphatic rings. The van der Waals surface area contributed by atoms with Crippen molar-refractivity contribution < 1.29 is 13.9 Å². The fourth-order valence-electron chi connectivity index (χ4n) is 2.96. The van der Waals surface area contributed by atoms with Gasteiger partial charge in [-0.25, -0.2) is 4.39 Å². The van der Waals surface area contributed by atoms with Gasteiger partial charge in [-0.1, -0.05) is 35.9 Å². The van der Waals surface area contributed by atoms with Crippen LogP contribution in [0, 0.1) is 5.82 Å². The Balaban J connectivity index is 1.74. The molecule has 1 heterocycles. The third-order valence-electron chi connectivity index (χ3n) is 4.32. The van der Waals surface area contributed by atoms with E-state index in [4.69, 9.17) is 16.3 Å². The van der Waals surface area contributed by atoms with Crippen molar-refractivity contribution in [1.82, 2.24) is 10.2 Å². The number of hydrogen-bond acceptors (Lipinski definition) is 3. The van der Waals surface area contributed by atoms with Crippen LogP contribution in [0.15, 0.2) is 48.5 Å². The number of morpholine rings is 1. The number of nitrogens with one attached hydrogen (secondary N) is 1. The molecule has 0 radical (unpaired) electrons. The van der Waals surface area contributed by atoms with Crippen LogP contribution in [-0.4, -0.2) is 43.7 Å². The van der Waals surface area contributed by atoms with Crippen molar-refractivity contribution in [2.24, 2.45) is 0 Å². The maximum absolute atomic E-state index is 13.8. The number of halogens is 2. The van der Waals surface area contributed by atoms with Crippen LogP contribution in [0.4, 0.5) is 4.39 Å². The second kappa shape index (κ2) is 8.43. The lowest BCUT2D eigenvalue weighted by atomic mass is 10.0. The van der Waals surface area contributed by atoms with Gasteiger partial charge in [-0.05, 0) is 29.8 Å². The predicted octanol–water partition coefficient (Wildman–Crippen LogP) is 3.28. The van der Waals surface area contributed by atoms with Gasteiger partial charge in [-0.2, -0.15) is 0 Å². The van der Waals surface area contributed by atoms with Crippen molar-refractivity contribution in [3.05, 3.63) is 70.5 Å². The van der Waals surface area contributed by atoms with Gasteiger partial charge in [0.25, 0.3) is 5.91 Å². The topological polar surface area (TPSA) is 41.6 Å². The second-order valence-corrected chi connectivity index (χ2v) is 6.34. The first-order valence-corrected chi connectivity index (χ1v) is 8.63. The van der Waals surface area contributed by atoms with Crippen molar-refractivity contribution >= 4 is 17.5 Å². The second-order valence-electron chi connectivity index (χ2n) is 5.91. The fraction of sp³-hybridized carbons (Fsp3) is 0.316. The average Bonchev–Trinajstić information content (AvgIpc) is 2.64. The summed E-state index contributed by atoms with van der Waals surface area (Å²) < 4.78 is 19.2. The summed E-state index contributed by atoms with van der Waals surface area (Å²) in [6.07, 6.45) is 0. The molecule has 1 aliphatic heterocycles. The summed E-state index contributed by atoms with van der Waals surface area (Å²) in [5.74, 6) is -0.931. The zero-order valence-corrected chi connectivity index (χ0v) is 14.5. The van der Waals surface area contributed by atoms with E-state index < -0.39 is 11.7 Å². The van der Waals surface area contributed by atoms with Crippen LogP contribution in [0.2, 0.25) is 5.02 Å². The molecule has 0 bridgehead atoms. The highest BCUT2D eigenvalue weighted by Crippen LogP contribution is 2.23. The number of amides is 1. The minimum absolute atomic E-state index is 0.0168. The Bertz CT molecular complexity index is 718. The molecule has 1 N–H and O–H groups in total. The summed E-state index contributed by atoms with van der Waals surface area (Å²) in [5, 5.41) is 3.52. The SMILES string of the molecule is O=C(NC[C@H](c1ccc(Cl)cc1)N1CCOCC1)c1ccccc1F. The minimum atomic E-state index is -0.519. The molecule has 2 aromatic rings. The third-order valence-corrected chi connectivity index (χ3v) is 4.57. The minimum Gasteiger partial charge on any atom is -0.379 e. The van der Waals surface area contributed by atoms with Crippen molar-refractivity contribution in [3.63, 3.8) is 0 Å². The lowest BCUT2D eigenvalue weighted by Gasteiger charge is -2.35. The Morgan fingerprint density at radius 2 is 1.84 bits per heavy atom. The number of carbonyl (C=O) groups is 1. The van der Waals surface area contributed by atoms with E-state index in [2.05, 4.69) is 10.2 Å². The summed E-state index contributed by atoms with van der Waals surface area (Å²) in [7, 11) is 0. The number of hydrogen-bond donors (Lipinski definition) is 1. The van der Waals surface area contributed by atoms with E-state index in [0.717, 1.165) is 18.7 Å². The monoisotopic (exact) mass is 362 g/mol. The van der Waals surface area contributed by atoms with E-state index >= 15 is 0 Å². The van der Waals surface area contributed by atoms with Crippen LogP contribution in [0.3, 0.4) is 0 Å². The number of carbonyl (C=O) groups excluding carboxylic acids is 1. The van der Waals surface area contributed by atoms with E-state index in [1.165, 1.54) is 12.1 Å². The average molecular weight is 363 g/mol. The molecular formula is C19H20ClFN2O2. The molecule has 0 saturated carbocycles. The summed E-state index contributed by atoms with van der Waals surface area (Å²) in [5.41, 5.74) is 1.11. The van der Waals surface area contributed by atoms with Crippen LogP contribution >= 0.6 is 11.6 Å². The number of benzene rings is 2. The molecule has 132 valence electrons. The van der Waals surface area contributed by atoms with Crippen molar-refractivity contribution in [3.8, 4) is 0 Å². The molecule has 3 rings (SSSR count). The lowest BCUT2D eigenvalue weighted by molar-refractivity contribution is 0.0162. The van der Waals surface area contributed by atoms with Gasteiger partial charge < -0.3 is 10.1 Å². The largest absolute Gasteiger partial charge is 0.379 e. The van der Waals surface area contributed by atoms with Gasteiger partial charge in [0.2, 0.25) is 0 Å². The zero-order chi connectivity index (χ0) is 17.6. The van der Waals surface area contributed by atoms with E-state index in [-0.39, 0.29) is 11.6 Å². The lowest BCUT2D eigenvalue weighted by Crippen LogP contribution is -2.43. The maximum Gasteiger partial charge on any atom is 0.254 e. The van der Waals surface area contributed by atoms with Crippen LogP contribution < -0.4 is 5.32 Å². The quantitative estimate of drug-likeness (QED) is 0.887. The highest BCUT2D eigenvalue weighted by Gasteiger charge is 2.23. The highest BCUT2D eigenvalue weighted by molar-refractivity contribution is 6.30. The molecule has 1 saturated heterocycles. The zero-order valence-electron chi connectivity index (χ0n) is 13.8. The Labute approximate surface area is 151 Å². The Morgan fingerprint density at radius 3 is 2.52 bits per heavy atom. The molecule has 4 nitrogen and oxygen atoms in total. The highest BCUT2D eigenvalue weighted by atomic mass is 35.5. The molecule has 0 spiro atoms. The molecular weight excluding hydrogens is 343 g/mol. The maximum atomic E-state index is 13.8. The first-order chi connectivity index (χ1) is 12.1. The standard InChI is InChI=1S/C19H20ClFN2O2/c20-15-7-5-14(6-8-15)18(23-9-11-25-12-10-23)13-22-19(24)16-3-1-2-4-17(16)21/h1-8,18H,9-13H2,(H,22,24)/t18-/m1/s1. The third kappa shape index (κ3) is 4.57. The summed E-state index contributed by atoms with van der Waals surface area (Å²) in [6.45, 7) is 3.26. The van der Waals surface area contributed by atoms with Crippen LogP contribution in [0.25, 0.3) is 0 Å². The molecule has 25 heavy (non-hydrogen) atoms. The van der Waals surface area contributed by atoms with Gasteiger partial charge in [-0.15, -0.1) is 0 Å². The fourth-order valence-corrected chi connectivity index (χ4v) is 3.09. The summed E-state index contributed by atoms with van der Waals surface area (Å²) >= 11 is 5.98. The van der Waals surface area contributed by atoms with E-state index in [1.807, 2.05) is 24.3 Å². The molecule has 6 heteroatoms. The first-order valence-electron chi connectivity index (χ1n) is 8.25. The molecule has 2 aromatic carbocycles. The molecule has 1 amide bonds. The summed E-state index contributed by atoms with van der Waals surface area (Å²) in [4.78, 5) is 14.6. The Morgan fingerprint density at radius 1 is 1.16 bits per heavy atom. The van der Waals surface area contributed by atoms with Crippen molar-refractivity contribution in [2.75, 3.05) is 32.8 Å². The van der Waals surface area contributed by atoms with Gasteiger partial charge in [0.05, 0.1) is 24.8 Å². The molecule has 1 fully saturated rings. The van der Waals surface area contributed by atoms with Gasteiger partial charge in [0.15, 0.2) is 0 Å². The van der Waals surface area contributed by atoms with Gasteiger partial charge in [0, 0.05) is 24.7 Å². The smallest absolute Gasteiger partial charge is 0.254 e. The van der Waals surface area contributed by atoms with Gasteiger partial charge in [-0.3, -0.25) is 9.69 Å².